The Morgan fingerprint density at radius 2 is 2.23 bits per heavy atom. The van der Waals surface area contributed by atoms with Gasteiger partial charge < -0.3 is 10.5 Å². The van der Waals surface area contributed by atoms with Crippen molar-refractivity contribution in [2.75, 3.05) is 0 Å². The predicted molar refractivity (Wildman–Crippen MR) is 45.8 cm³/mol. The molecule has 0 atom stereocenters. The summed E-state index contributed by atoms with van der Waals surface area (Å²) in [6.45, 7) is 5.23. The van der Waals surface area contributed by atoms with Gasteiger partial charge in [0.15, 0.2) is 11.6 Å². The zero-order valence-electron chi connectivity index (χ0n) is 7.13. The first-order valence-corrected chi connectivity index (χ1v) is 3.60. The van der Waals surface area contributed by atoms with Gasteiger partial charge in [-0.15, -0.1) is 0 Å². The van der Waals surface area contributed by atoms with Gasteiger partial charge >= 0.3 is 6.09 Å². The highest BCUT2D eigenvalue weighted by molar-refractivity contribution is 5.69. The van der Waals surface area contributed by atoms with Crippen molar-refractivity contribution in [3.63, 3.8) is 0 Å². The molecule has 1 aromatic carbocycles. The van der Waals surface area contributed by atoms with E-state index in [-0.39, 0.29) is 5.75 Å². The zero-order valence-corrected chi connectivity index (χ0v) is 7.13. The Hall–Kier alpha value is -1.58. The van der Waals surface area contributed by atoms with Gasteiger partial charge in [0, 0.05) is 0 Å². The van der Waals surface area contributed by atoms with Crippen molar-refractivity contribution in [3.8, 4) is 5.75 Å². The standard InChI is InChI=1S/C9H9FNO2/c1-5-3-4-7(10)8(6(5)2)13-9(11)12/h3-4H,1H2,2H3,(H2,11,12). The maximum Gasteiger partial charge on any atom is 0.410 e. The van der Waals surface area contributed by atoms with Crippen LogP contribution in [0.15, 0.2) is 12.1 Å². The maximum atomic E-state index is 13.0. The molecular weight excluding hydrogens is 173 g/mol. The van der Waals surface area contributed by atoms with Gasteiger partial charge in [-0.1, -0.05) is 6.07 Å². The molecule has 1 radical (unpaired) electrons. The van der Waals surface area contributed by atoms with Gasteiger partial charge in [-0.3, -0.25) is 0 Å². The maximum absolute atomic E-state index is 13.0. The van der Waals surface area contributed by atoms with Crippen LogP contribution < -0.4 is 10.5 Å². The number of rotatable bonds is 1. The van der Waals surface area contributed by atoms with Crippen LogP contribution in [-0.2, 0) is 0 Å². The fourth-order valence-corrected chi connectivity index (χ4v) is 0.925. The third kappa shape index (κ3) is 1.96. The lowest BCUT2D eigenvalue weighted by Gasteiger charge is -2.07. The van der Waals surface area contributed by atoms with Crippen LogP contribution >= 0.6 is 0 Å². The molecule has 0 unspecified atom stereocenters. The molecule has 69 valence electrons. The van der Waals surface area contributed by atoms with Crippen LogP contribution in [0, 0.1) is 19.7 Å². The number of nitrogens with two attached hydrogens (primary N) is 1. The van der Waals surface area contributed by atoms with Crippen LogP contribution in [0.5, 0.6) is 5.75 Å². The van der Waals surface area contributed by atoms with E-state index in [0.29, 0.717) is 11.1 Å². The number of primary amides is 1. The highest BCUT2D eigenvalue weighted by Gasteiger charge is 2.11. The van der Waals surface area contributed by atoms with Crippen molar-refractivity contribution < 1.29 is 13.9 Å². The van der Waals surface area contributed by atoms with Crippen LogP contribution in [0.25, 0.3) is 0 Å². The van der Waals surface area contributed by atoms with Gasteiger partial charge in [-0.25, -0.2) is 9.18 Å². The predicted octanol–water partition coefficient (Wildman–Crippen LogP) is 1.77. The molecule has 0 fully saturated rings. The fourth-order valence-electron chi connectivity index (χ4n) is 0.925. The van der Waals surface area contributed by atoms with E-state index in [1.165, 1.54) is 12.1 Å². The summed E-state index contributed by atoms with van der Waals surface area (Å²) in [6.07, 6.45) is -1.03. The summed E-state index contributed by atoms with van der Waals surface area (Å²) in [5.41, 5.74) is 5.83. The molecule has 2 N–H and O–H groups in total. The molecule has 0 aromatic heterocycles. The van der Waals surface area contributed by atoms with Gasteiger partial charge in [0.1, 0.15) is 0 Å². The van der Waals surface area contributed by atoms with Crippen molar-refractivity contribution >= 4 is 6.09 Å². The molecule has 13 heavy (non-hydrogen) atoms. The number of hydrogen-bond acceptors (Lipinski definition) is 2. The minimum absolute atomic E-state index is 0.153. The topological polar surface area (TPSA) is 52.3 Å². The minimum Gasteiger partial charge on any atom is -0.407 e. The lowest BCUT2D eigenvalue weighted by Crippen LogP contribution is -2.17. The van der Waals surface area contributed by atoms with E-state index in [4.69, 9.17) is 5.73 Å². The third-order valence-electron chi connectivity index (χ3n) is 1.67. The normalized spacial score (nSPS) is 9.77. The van der Waals surface area contributed by atoms with Gasteiger partial charge in [-0.2, -0.15) is 0 Å². The van der Waals surface area contributed by atoms with Crippen molar-refractivity contribution in [2.45, 2.75) is 6.92 Å². The van der Waals surface area contributed by atoms with E-state index in [1.807, 2.05) is 0 Å². The number of carbonyl (C=O) groups excluding carboxylic acids is 1. The van der Waals surface area contributed by atoms with Crippen LogP contribution in [0.1, 0.15) is 11.1 Å². The Morgan fingerprint density at radius 1 is 1.62 bits per heavy atom. The summed E-state index contributed by atoms with van der Waals surface area (Å²) < 4.78 is 17.5. The molecule has 0 aliphatic heterocycles. The van der Waals surface area contributed by atoms with Gasteiger partial charge in [-0.05, 0) is 31.0 Å². The summed E-state index contributed by atoms with van der Waals surface area (Å²) in [7, 11) is 0. The Balaban J connectivity index is 3.17. The average molecular weight is 182 g/mol. The van der Waals surface area contributed by atoms with Crippen molar-refractivity contribution in [3.05, 3.63) is 36.0 Å². The zero-order chi connectivity index (χ0) is 10.0. The number of ether oxygens (including phenoxy) is 1. The van der Waals surface area contributed by atoms with E-state index in [1.54, 1.807) is 6.92 Å². The van der Waals surface area contributed by atoms with E-state index in [2.05, 4.69) is 11.7 Å². The molecule has 3 nitrogen and oxygen atoms in total. The second-order valence-electron chi connectivity index (χ2n) is 2.58. The first kappa shape index (κ1) is 9.51. The molecule has 1 amide bonds. The lowest BCUT2D eigenvalue weighted by atomic mass is 10.1. The molecule has 1 rings (SSSR count). The first-order valence-electron chi connectivity index (χ1n) is 3.60. The van der Waals surface area contributed by atoms with E-state index in [0.717, 1.165) is 0 Å². The molecule has 4 heteroatoms. The van der Waals surface area contributed by atoms with Gasteiger partial charge in [0.05, 0.1) is 0 Å². The summed E-state index contributed by atoms with van der Waals surface area (Å²) >= 11 is 0. The quantitative estimate of drug-likeness (QED) is 0.719. The molecular formula is C9H9FNO2. The van der Waals surface area contributed by atoms with Crippen molar-refractivity contribution in [1.82, 2.24) is 0 Å². The number of carbonyl (C=O) groups is 1. The highest BCUT2D eigenvalue weighted by Crippen LogP contribution is 2.24. The minimum atomic E-state index is -1.03. The number of amides is 1. The summed E-state index contributed by atoms with van der Waals surface area (Å²) in [5, 5.41) is 0. The Labute approximate surface area is 75.3 Å². The van der Waals surface area contributed by atoms with Crippen LogP contribution in [0.2, 0.25) is 0 Å². The largest absolute Gasteiger partial charge is 0.410 e. The van der Waals surface area contributed by atoms with Gasteiger partial charge in [0.25, 0.3) is 0 Å². The molecule has 0 saturated carbocycles. The first-order chi connectivity index (χ1) is 6.02. The molecule has 0 saturated heterocycles. The third-order valence-corrected chi connectivity index (χ3v) is 1.67. The Morgan fingerprint density at radius 3 is 2.77 bits per heavy atom. The van der Waals surface area contributed by atoms with E-state index < -0.39 is 11.9 Å². The lowest BCUT2D eigenvalue weighted by molar-refractivity contribution is 0.208. The Kier molecular flexibility index (Phi) is 2.51. The SMILES string of the molecule is [CH2]c1ccc(F)c(OC(N)=O)c1C. The Bertz CT molecular complexity index is 350. The molecule has 0 spiro atoms. The smallest absolute Gasteiger partial charge is 0.407 e. The highest BCUT2D eigenvalue weighted by atomic mass is 19.1. The van der Waals surface area contributed by atoms with Crippen molar-refractivity contribution in [2.24, 2.45) is 5.73 Å². The second-order valence-corrected chi connectivity index (χ2v) is 2.58. The van der Waals surface area contributed by atoms with Crippen LogP contribution in [0.4, 0.5) is 9.18 Å². The fraction of sp³-hybridized carbons (Fsp3) is 0.111. The monoisotopic (exact) mass is 182 g/mol. The van der Waals surface area contributed by atoms with E-state index in [9.17, 15) is 9.18 Å². The van der Waals surface area contributed by atoms with Crippen LogP contribution in [0.3, 0.4) is 0 Å². The van der Waals surface area contributed by atoms with Crippen molar-refractivity contribution in [1.29, 1.82) is 0 Å². The number of benzene rings is 1. The second kappa shape index (κ2) is 3.43. The van der Waals surface area contributed by atoms with E-state index >= 15 is 0 Å². The number of halogens is 1. The summed E-state index contributed by atoms with van der Waals surface area (Å²) in [4.78, 5) is 10.4. The molecule has 0 aliphatic carbocycles. The summed E-state index contributed by atoms with van der Waals surface area (Å²) in [6, 6.07) is 2.67. The average Bonchev–Trinajstić information content (AvgIpc) is 2.05. The molecule has 0 bridgehead atoms. The van der Waals surface area contributed by atoms with Crippen LogP contribution in [-0.4, -0.2) is 6.09 Å². The van der Waals surface area contributed by atoms with Gasteiger partial charge in [0.2, 0.25) is 0 Å². The summed E-state index contributed by atoms with van der Waals surface area (Å²) in [5.74, 6) is -0.774. The molecule has 1 aromatic rings. The number of hydrogen-bond donors (Lipinski definition) is 1. The molecule has 0 heterocycles. The molecule has 0 aliphatic rings.